The molecular weight excluding hydrogens is 646 g/mol. The maximum absolute atomic E-state index is 12.6. The standard InChI is InChI=1S/C34H39N9O5.H2S/c1-34(2,3)48-33(44)40-7-8-46-27(19-40)21-47-26-10-28(32-23(11-35)13-39-43(32)20-26)29-14-37-30(15-36-29)41-17-24-9-25(18-41)42(24)16-22-5-6-31(45-4)38-12-22;/h5-6,10,12-15,20,24-25,27H,7-9,16-19,21H2,1-4H3;1H2/t24?,25?,27-;/m0./s1. The Morgan fingerprint density at radius 1 is 1.08 bits per heavy atom. The van der Waals surface area contributed by atoms with Crippen LogP contribution in [0.25, 0.3) is 16.8 Å². The molecule has 0 aliphatic carbocycles. The molecule has 4 aromatic rings. The van der Waals surface area contributed by atoms with Crippen LogP contribution in [0.3, 0.4) is 0 Å². The van der Waals surface area contributed by atoms with E-state index >= 15 is 0 Å². The Hall–Kier alpha value is -4.65. The van der Waals surface area contributed by atoms with E-state index in [1.807, 2.05) is 39.1 Å². The van der Waals surface area contributed by atoms with Gasteiger partial charge in [-0.2, -0.15) is 23.9 Å². The smallest absolute Gasteiger partial charge is 0.410 e. The van der Waals surface area contributed by atoms with Crippen molar-refractivity contribution < 1.29 is 23.7 Å². The second-order valence-corrected chi connectivity index (χ2v) is 13.4. The fraction of sp³-hybridized carbons (Fsp3) is 0.471. The highest BCUT2D eigenvalue weighted by molar-refractivity contribution is 7.59. The second-order valence-electron chi connectivity index (χ2n) is 13.4. The third-order valence-electron chi connectivity index (χ3n) is 8.89. The van der Waals surface area contributed by atoms with Crippen molar-refractivity contribution in [3.05, 3.63) is 60.3 Å². The number of piperazine rings is 1. The van der Waals surface area contributed by atoms with E-state index in [9.17, 15) is 10.1 Å². The number of amides is 1. The number of aromatic nitrogens is 5. The van der Waals surface area contributed by atoms with E-state index < -0.39 is 5.60 Å². The number of carbonyl (C=O) groups excluding carboxylic acids is 1. The van der Waals surface area contributed by atoms with Gasteiger partial charge in [-0.3, -0.25) is 9.88 Å². The Morgan fingerprint density at radius 2 is 1.90 bits per heavy atom. The number of piperidine rings is 1. The van der Waals surface area contributed by atoms with Gasteiger partial charge in [0.05, 0.1) is 61.8 Å². The maximum atomic E-state index is 12.6. The highest BCUT2D eigenvalue weighted by Gasteiger charge is 2.44. The Bertz CT molecular complexity index is 1810. The Kier molecular flexibility index (Phi) is 9.82. The number of methoxy groups -OCH3 is 1. The zero-order chi connectivity index (χ0) is 33.4. The zero-order valence-electron chi connectivity index (χ0n) is 28.1. The first kappa shape index (κ1) is 34.2. The lowest BCUT2D eigenvalue weighted by molar-refractivity contribution is -0.0557. The first-order valence-electron chi connectivity index (χ1n) is 16.1. The molecule has 8 heterocycles. The number of ether oxygens (including phenoxy) is 4. The molecule has 4 saturated heterocycles. The molecule has 4 aromatic heterocycles. The minimum absolute atomic E-state index is 0. The van der Waals surface area contributed by atoms with E-state index in [1.165, 1.54) is 18.2 Å². The van der Waals surface area contributed by atoms with Crippen molar-refractivity contribution >= 4 is 30.9 Å². The highest BCUT2D eigenvalue weighted by atomic mass is 32.1. The first-order valence-corrected chi connectivity index (χ1v) is 16.1. The van der Waals surface area contributed by atoms with Crippen molar-refractivity contribution in [1.29, 1.82) is 5.26 Å². The lowest BCUT2D eigenvalue weighted by Gasteiger charge is -2.56. The predicted molar refractivity (Wildman–Crippen MR) is 185 cm³/mol. The fourth-order valence-electron chi connectivity index (χ4n) is 6.55. The molecule has 0 spiro atoms. The van der Waals surface area contributed by atoms with Crippen molar-refractivity contribution in [2.45, 2.75) is 57.5 Å². The molecule has 15 heteroatoms. The third kappa shape index (κ3) is 7.36. The maximum Gasteiger partial charge on any atom is 0.410 e. The van der Waals surface area contributed by atoms with Crippen molar-refractivity contribution in [2.24, 2.45) is 0 Å². The topological polar surface area (TPSA) is 143 Å². The van der Waals surface area contributed by atoms with Crippen LogP contribution < -0.4 is 14.4 Å². The Balaban J connectivity index is 0.00000417. The van der Waals surface area contributed by atoms with E-state index in [0.29, 0.717) is 65.7 Å². The zero-order valence-corrected chi connectivity index (χ0v) is 29.1. The molecular formula is C34H41N9O5S. The first-order chi connectivity index (χ1) is 23.2. The average molecular weight is 688 g/mol. The number of nitriles is 1. The second kappa shape index (κ2) is 14.1. The summed E-state index contributed by atoms with van der Waals surface area (Å²) in [6.45, 7) is 9.55. The minimum atomic E-state index is -0.577. The van der Waals surface area contributed by atoms with Crippen LogP contribution in [0.15, 0.2) is 49.2 Å². The van der Waals surface area contributed by atoms with Gasteiger partial charge in [0, 0.05) is 56.1 Å². The summed E-state index contributed by atoms with van der Waals surface area (Å²) in [5.74, 6) is 1.97. The lowest BCUT2D eigenvalue weighted by atomic mass is 9.87. The molecule has 258 valence electrons. The van der Waals surface area contributed by atoms with Gasteiger partial charge in [0.2, 0.25) is 5.88 Å². The van der Waals surface area contributed by atoms with Gasteiger partial charge in [-0.25, -0.2) is 19.3 Å². The highest BCUT2D eigenvalue weighted by Crippen LogP contribution is 2.36. The van der Waals surface area contributed by atoms with Crippen LogP contribution in [0, 0.1) is 11.3 Å². The molecule has 4 aliphatic heterocycles. The van der Waals surface area contributed by atoms with E-state index in [4.69, 9.17) is 28.9 Å². The molecule has 2 bridgehead atoms. The molecule has 1 amide bonds. The van der Waals surface area contributed by atoms with Crippen molar-refractivity contribution in [3.63, 3.8) is 0 Å². The summed E-state index contributed by atoms with van der Waals surface area (Å²) in [6.07, 6.45) is 9.14. The molecule has 8 rings (SSSR count). The molecule has 0 saturated carbocycles. The number of rotatable bonds is 8. The average Bonchev–Trinajstić information content (AvgIpc) is 3.52. The monoisotopic (exact) mass is 687 g/mol. The van der Waals surface area contributed by atoms with Crippen LogP contribution in [0.1, 0.15) is 38.3 Å². The van der Waals surface area contributed by atoms with Crippen LogP contribution in [0.4, 0.5) is 10.6 Å². The van der Waals surface area contributed by atoms with Crippen molar-refractivity contribution in [2.75, 3.05) is 51.4 Å². The summed E-state index contributed by atoms with van der Waals surface area (Å²) >= 11 is 0. The molecule has 2 unspecified atom stereocenters. The summed E-state index contributed by atoms with van der Waals surface area (Å²) in [5.41, 5.74) is 2.93. The van der Waals surface area contributed by atoms with Crippen LogP contribution >= 0.6 is 13.5 Å². The molecule has 14 nitrogen and oxygen atoms in total. The SMILES string of the molecule is COc1ccc(CN2C3CC2CN(c2cnc(-c4cc(OC[C@@H]5CN(C(=O)OC(C)(C)C)CCO5)cn5ncc(C#N)c45)cn2)C3)cn1.S. The predicted octanol–water partition coefficient (Wildman–Crippen LogP) is 3.66. The summed E-state index contributed by atoms with van der Waals surface area (Å²) < 4.78 is 24.4. The van der Waals surface area contributed by atoms with Gasteiger partial charge < -0.3 is 28.7 Å². The van der Waals surface area contributed by atoms with E-state index in [1.54, 1.807) is 35.1 Å². The summed E-state index contributed by atoms with van der Waals surface area (Å²) in [6, 6.07) is 8.93. The van der Waals surface area contributed by atoms with Crippen LogP contribution in [0.5, 0.6) is 11.6 Å². The number of pyridine rings is 2. The van der Waals surface area contributed by atoms with Gasteiger partial charge in [0.1, 0.15) is 35.9 Å². The van der Waals surface area contributed by atoms with Gasteiger partial charge in [-0.05, 0) is 38.8 Å². The number of hydrogen-bond acceptors (Lipinski definition) is 12. The number of nitrogens with zero attached hydrogens (tertiary/aromatic N) is 9. The Labute approximate surface area is 292 Å². The van der Waals surface area contributed by atoms with Gasteiger partial charge in [-0.1, -0.05) is 6.07 Å². The van der Waals surface area contributed by atoms with Crippen LogP contribution in [-0.4, -0.2) is 111 Å². The van der Waals surface area contributed by atoms with E-state index in [2.05, 4.69) is 32.0 Å². The number of anilines is 1. The molecule has 0 aromatic carbocycles. The van der Waals surface area contributed by atoms with E-state index in [-0.39, 0.29) is 32.3 Å². The summed E-state index contributed by atoms with van der Waals surface area (Å²) in [5, 5.41) is 14.2. The molecule has 4 aliphatic rings. The lowest BCUT2D eigenvalue weighted by Crippen LogP contribution is -2.68. The Morgan fingerprint density at radius 3 is 2.57 bits per heavy atom. The normalized spacial score (nSPS) is 20.6. The number of hydrogen-bond donors (Lipinski definition) is 0. The molecule has 0 radical (unpaired) electrons. The van der Waals surface area contributed by atoms with Crippen LogP contribution in [0.2, 0.25) is 0 Å². The molecule has 49 heavy (non-hydrogen) atoms. The molecule has 0 N–H and O–H groups in total. The minimum Gasteiger partial charge on any atom is -0.489 e. The number of fused-ring (bicyclic) bond motifs is 3. The van der Waals surface area contributed by atoms with Gasteiger partial charge in [0.15, 0.2) is 0 Å². The number of morpholine rings is 1. The molecule has 4 fully saturated rings. The number of carbonyl (C=O) groups is 1. The van der Waals surface area contributed by atoms with Gasteiger partial charge >= 0.3 is 6.09 Å². The third-order valence-corrected chi connectivity index (χ3v) is 8.89. The van der Waals surface area contributed by atoms with Crippen molar-refractivity contribution in [3.8, 4) is 29.0 Å². The van der Waals surface area contributed by atoms with Crippen molar-refractivity contribution in [1.82, 2.24) is 34.4 Å². The van der Waals surface area contributed by atoms with E-state index in [0.717, 1.165) is 25.5 Å². The fourth-order valence-corrected chi connectivity index (χ4v) is 6.55. The van der Waals surface area contributed by atoms with Gasteiger partial charge in [-0.15, -0.1) is 0 Å². The molecule has 3 atom stereocenters. The quantitative estimate of drug-likeness (QED) is 0.267. The van der Waals surface area contributed by atoms with Gasteiger partial charge in [0.25, 0.3) is 0 Å². The van der Waals surface area contributed by atoms with Crippen LogP contribution in [-0.2, 0) is 16.0 Å². The largest absolute Gasteiger partial charge is 0.489 e. The summed E-state index contributed by atoms with van der Waals surface area (Å²) in [4.78, 5) is 33.0. The summed E-state index contributed by atoms with van der Waals surface area (Å²) in [7, 11) is 1.62.